The molecule has 0 heterocycles. The Bertz CT molecular complexity index is 1180. The van der Waals surface area contributed by atoms with E-state index in [0.717, 1.165) is 73.6 Å². The largest absolute Gasteiger partial charge is 0.423 e. The normalized spacial score (nSPS) is 19.0. The molecular formula is C35H44O4. The summed E-state index contributed by atoms with van der Waals surface area (Å²) in [4.78, 5) is 27.7. The third-order valence-electron chi connectivity index (χ3n) is 8.24. The fourth-order valence-corrected chi connectivity index (χ4v) is 6.19. The van der Waals surface area contributed by atoms with Crippen LogP contribution in [0.5, 0.6) is 11.5 Å². The molecule has 0 saturated carbocycles. The van der Waals surface area contributed by atoms with Gasteiger partial charge in [0.25, 0.3) is 0 Å². The van der Waals surface area contributed by atoms with Gasteiger partial charge < -0.3 is 9.47 Å². The van der Waals surface area contributed by atoms with Gasteiger partial charge >= 0.3 is 11.9 Å². The number of rotatable bonds is 12. The van der Waals surface area contributed by atoms with Gasteiger partial charge in [-0.05, 0) is 65.5 Å². The van der Waals surface area contributed by atoms with Gasteiger partial charge in [0.1, 0.15) is 11.5 Å². The van der Waals surface area contributed by atoms with E-state index in [1.807, 2.05) is 12.1 Å². The van der Waals surface area contributed by atoms with Gasteiger partial charge in [-0.15, -0.1) is 0 Å². The Hall–Kier alpha value is -3.14. The van der Waals surface area contributed by atoms with Gasteiger partial charge in [0, 0.05) is 11.8 Å². The second-order valence-electron chi connectivity index (χ2n) is 11.7. The molecule has 0 amide bonds. The molecule has 0 radical (unpaired) electrons. The van der Waals surface area contributed by atoms with E-state index in [0.29, 0.717) is 22.6 Å². The van der Waals surface area contributed by atoms with Crippen LogP contribution in [0.25, 0.3) is 0 Å². The summed E-state index contributed by atoms with van der Waals surface area (Å²) in [6, 6.07) is 12.4. The zero-order valence-electron chi connectivity index (χ0n) is 24.6. The standard InChI is InChI=1S/C35H44O4/c1-7-11-23-15-17-25(13-9-3)29(21-23)38-33(36)31-27-19-20-28(35(27,5)6)32(31)34(37)39-30-22-24(12-8-2)16-18-26(30)14-10-4/h15-22,27-28H,7-14H2,1-6H3. The van der Waals surface area contributed by atoms with E-state index in [1.54, 1.807) is 0 Å². The van der Waals surface area contributed by atoms with Crippen LogP contribution in [0.2, 0.25) is 0 Å². The van der Waals surface area contributed by atoms with Crippen molar-refractivity contribution in [3.8, 4) is 11.5 Å². The molecule has 0 aliphatic heterocycles. The molecule has 4 nitrogen and oxygen atoms in total. The lowest BCUT2D eigenvalue weighted by atomic mass is 9.77. The van der Waals surface area contributed by atoms with Crippen LogP contribution in [0.15, 0.2) is 59.7 Å². The SMILES string of the molecule is CCCc1ccc(CCC)c(OC(=O)C2=C(C(=O)Oc3cc(CCC)ccc3CCC)C3C=CC2C3(C)C)c1. The minimum atomic E-state index is -0.439. The first kappa shape index (κ1) is 28.9. The van der Waals surface area contributed by atoms with Crippen LogP contribution in [0.1, 0.15) is 89.5 Å². The predicted molar refractivity (Wildman–Crippen MR) is 157 cm³/mol. The molecule has 4 heteroatoms. The third kappa shape index (κ3) is 5.90. The maximum atomic E-state index is 13.9. The number of carbonyl (C=O) groups excluding carboxylic acids is 2. The molecule has 0 aromatic heterocycles. The maximum Gasteiger partial charge on any atom is 0.340 e. The van der Waals surface area contributed by atoms with Crippen LogP contribution in [0.3, 0.4) is 0 Å². The summed E-state index contributed by atoms with van der Waals surface area (Å²) >= 11 is 0. The summed E-state index contributed by atoms with van der Waals surface area (Å²) in [5.74, 6) is -0.0389. The summed E-state index contributed by atoms with van der Waals surface area (Å²) in [5.41, 5.74) is 4.94. The number of fused-ring (bicyclic) bond motifs is 2. The van der Waals surface area contributed by atoms with Crippen molar-refractivity contribution in [2.75, 3.05) is 0 Å². The minimum absolute atomic E-state index is 0.187. The number of benzene rings is 2. The van der Waals surface area contributed by atoms with Crippen molar-refractivity contribution >= 4 is 11.9 Å². The molecule has 2 aromatic carbocycles. The average molecular weight is 529 g/mol. The zero-order valence-corrected chi connectivity index (χ0v) is 24.6. The number of hydrogen-bond acceptors (Lipinski definition) is 4. The second-order valence-corrected chi connectivity index (χ2v) is 11.7. The minimum Gasteiger partial charge on any atom is -0.423 e. The fourth-order valence-electron chi connectivity index (χ4n) is 6.19. The highest BCUT2D eigenvalue weighted by atomic mass is 16.5. The van der Waals surface area contributed by atoms with Crippen LogP contribution >= 0.6 is 0 Å². The summed E-state index contributed by atoms with van der Waals surface area (Å²) in [5, 5.41) is 0. The molecule has 2 aliphatic carbocycles. The van der Waals surface area contributed by atoms with Crippen molar-refractivity contribution in [2.45, 2.75) is 92.9 Å². The van der Waals surface area contributed by atoms with Crippen molar-refractivity contribution in [2.24, 2.45) is 17.3 Å². The van der Waals surface area contributed by atoms with Gasteiger partial charge in [-0.25, -0.2) is 9.59 Å². The van der Waals surface area contributed by atoms with Crippen molar-refractivity contribution in [1.82, 2.24) is 0 Å². The first-order chi connectivity index (χ1) is 18.7. The number of esters is 2. The van der Waals surface area contributed by atoms with Crippen LogP contribution < -0.4 is 9.47 Å². The highest BCUT2D eigenvalue weighted by Crippen LogP contribution is 2.57. The Kier molecular flexibility index (Phi) is 9.15. The Morgan fingerprint density at radius 1 is 0.641 bits per heavy atom. The van der Waals surface area contributed by atoms with Gasteiger partial charge in [-0.3, -0.25) is 0 Å². The van der Waals surface area contributed by atoms with E-state index in [1.165, 1.54) is 0 Å². The Balaban J connectivity index is 1.70. The molecule has 2 bridgehead atoms. The second kappa shape index (κ2) is 12.4. The Labute approximate surface area is 234 Å². The third-order valence-corrected chi connectivity index (χ3v) is 8.24. The number of ether oxygens (including phenoxy) is 2. The van der Waals surface area contributed by atoms with Crippen LogP contribution in [-0.4, -0.2) is 11.9 Å². The topological polar surface area (TPSA) is 52.6 Å². The fraction of sp³-hybridized carbons (Fsp3) is 0.486. The molecule has 2 unspecified atom stereocenters. The highest BCUT2D eigenvalue weighted by Gasteiger charge is 2.55. The van der Waals surface area contributed by atoms with Gasteiger partial charge in [0.05, 0.1) is 11.1 Å². The Morgan fingerprint density at radius 3 is 1.38 bits per heavy atom. The number of aryl methyl sites for hydroxylation is 4. The molecule has 2 atom stereocenters. The predicted octanol–water partition coefficient (Wildman–Crippen LogP) is 8.15. The van der Waals surface area contributed by atoms with Crippen molar-refractivity contribution in [3.63, 3.8) is 0 Å². The number of allylic oxidation sites excluding steroid dienone is 2. The van der Waals surface area contributed by atoms with Crippen molar-refractivity contribution in [1.29, 1.82) is 0 Å². The number of hydrogen-bond donors (Lipinski definition) is 0. The lowest BCUT2D eigenvalue weighted by molar-refractivity contribution is -0.133. The zero-order chi connectivity index (χ0) is 28.2. The first-order valence-corrected chi connectivity index (χ1v) is 14.8. The molecular weight excluding hydrogens is 484 g/mol. The molecule has 0 saturated heterocycles. The van der Waals surface area contributed by atoms with Crippen molar-refractivity contribution in [3.05, 3.63) is 82.0 Å². The van der Waals surface area contributed by atoms with E-state index < -0.39 is 11.9 Å². The summed E-state index contributed by atoms with van der Waals surface area (Å²) < 4.78 is 12.2. The van der Waals surface area contributed by atoms with E-state index in [-0.39, 0.29) is 17.3 Å². The van der Waals surface area contributed by atoms with Gasteiger partial charge in [0.2, 0.25) is 0 Å². The van der Waals surface area contributed by atoms with Crippen LogP contribution in [-0.2, 0) is 35.3 Å². The number of carbonyl (C=O) groups is 2. The lowest BCUT2D eigenvalue weighted by Crippen LogP contribution is -2.24. The molecule has 39 heavy (non-hydrogen) atoms. The lowest BCUT2D eigenvalue weighted by Gasteiger charge is -2.26. The molecule has 0 fully saturated rings. The van der Waals surface area contributed by atoms with E-state index in [4.69, 9.17) is 9.47 Å². The quantitative estimate of drug-likeness (QED) is 0.158. The summed E-state index contributed by atoms with van der Waals surface area (Å²) in [6.07, 6.45) is 11.6. The average Bonchev–Trinajstić information content (AvgIpc) is 3.32. The molecule has 0 N–H and O–H groups in total. The first-order valence-electron chi connectivity index (χ1n) is 14.8. The highest BCUT2D eigenvalue weighted by molar-refractivity contribution is 6.05. The summed E-state index contributed by atoms with van der Waals surface area (Å²) in [7, 11) is 0. The van der Waals surface area contributed by atoms with Gasteiger partial charge in [-0.2, -0.15) is 0 Å². The molecule has 4 rings (SSSR count). The Morgan fingerprint density at radius 2 is 1.03 bits per heavy atom. The van der Waals surface area contributed by atoms with Crippen LogP contribution in [0.4, 0.5) is 0 Å². The molecule has 0 spiro atoms. The smallest absolute Gasteiger partial charge is 0.340 e. The molecule has 2 aliphatic rings. The van der Waals surface area contributed by atoms with E-state index in [2.05, 4.69) is 78.0 Å². The van der Waals surface area contributed by atoms with Gasteiger partial charge in [-0.1, -0.05) is 104 Å². The summed E-state index contributed by atoms with van der Waals surface area (Å²) in [6.45, 7) is 12.8. The molecule has 2 aromatic rings. The van der Waals surface area contributed by atoms with Crippen LogP contribution in [0, 0.1) is 17.3 Å². The van der Waals surface area contributed by atoms with Gasteiger partial charge in [0.15, 0.2) is 0 Å². The van der Waals surface area contributed by atoms with Crippen molar-refractivity contribution < 1.29 is 19.1 Å². The van der Waals surface area contributed by atoms with E-state index in [9.17, 15) is 9.59 Å². The van der Waals surface area contributed by atoms with E-state index >= 15 is 0 Å². The molecule has 208 valence electrons. The maximum absolute atomic E-state index is 13.9. The monoisotopic (exact) mass is 528 g/mol.